The molecule has 0 spiro atoms. The van der Waals surface area contributed by atoms with Crippen molar-refractivity contribution in [3.05, 3.63) is 65.2 Å². The highest BCUT2D eigenvalue weighted by Crippen LogP contribution is 2.26. The molecule has 2 aromatic rings. The van der Waals surface area contributed by atoms with Gasteiger partial charge < -0.3 is 15.4 Å². The molecule has 0 aliphatic carbocycles. The molecule has 1 atom stereocenters. The summed E-state index contributed by atoms with van der Waals surface area (Å²) >= 11 is 0. The summed E-state index contributed by atoms with van der Waals surface area (Å²) < 4.78 is 5.42. The first kappa shape index (κ1) is 17.7. The zero-order chi connectivity index (χ0) is 18.4. The summed E-state index contributed by atoms with van der Waals surface area (Å²) in [6.45, 7) is 1.57. The van der Waals surface area contributed by atoms with Gasteiger partial charge in [-0.15, -0.1) is 6.42 Å². The van der Waals surface area contributed by atoms with E-state index in [2.05, 4.69) is 16.6 Å². The Kier molecular flexibility index (Phi) is 5.67. The number of carbonyl (C=O) groups excluding carboxylic acids is 2. The first-order valence-corrected chi connectivity index (χ1v) is 8.49. The van der Waals surface area contributed by atoms with Crippen LogP contribution in [0.4, 0.5) is 5.69 Å². The molecule has 2 aromatic carbocycles. The van der Waals surface area contributed by atoms with E-state index >= 15 is 0 Å². The highest BCUT2D eigenvalue weighted by atomic mass is 16.5. The van der Waals surface area contributed by atoms with Gasteiger partial charge in [-0.05, 0) is 36.2 Å². The van der Waals surface area contributed by atoms with E-state index in [0.29, 0.717) is 29.3 Å². The minimum Gasteiger partial charge on any atom is -0.381 e. The second kappa shape index (κ2) is 8.32. The van der Waals surface area contributed by atoms with Crippen molar-refractivity contribution in [2.75, 3.05) is 25.1 Å². The molecule has 1 heterocycles. The number of amides is 2. The van der Waals surface area contributed by atoms with E-state index in [4.69, 9.17) is 11.2 Å². The van der Waals surface area contributed by atoms with E-state index in [0.717, 1.165) is 18.6 Å². The van der Waals surface area contributed by atoms with Crippen LogP contribution in [0.15, 0.2) is 48.5 Å². The van der Waals surface area contributed by atoms with Gasteiger partial charge in [-0.3, -0.25) is 9.59 Å². The predicted molar refractivity (Wildman–Crippen MR) is 100 cm³/mol. The van der Waals surface area contributed by atoms with E-state index < -0.39 is 0 Å². The Morgan fingerprint density at radius 2 is 2.00 bits per heavy atom. The van der Waals surface area contributed by atoms with Gasteiger partial charge in [0.05, 0.1) is 24.4 Å². The van der Waals surface area contributed by atoms with Crippen LogP contribution in [0.5, 0.6) is 0 Å². The number of anilines is 1. The van der Waals surface area contributed by atoms with Crippen molar-refractivity contribution in [1.29, 1.82) is 0 Å². The van der Waals surface area contributed by atoms with Crippen molar-refractivity contribution < 1.29 is 14.3 Å². The molecule has 1 saturated heterocycles. The lowest BCUT2D eigenvalue weighted by Crippen LogP contribution is -2.25. The first-order chi connectivity index (χ1) is 12.7. The molecular formula is C21H20N2O3. The third kappa shape index (κ3) is 4.11. The summed E-state index contributed by atoms with van der Waals surface area (Å²) in [7, 11) is 0. The molecule has 5 heteroatoms. The second-order valence-electron chi connectivity index (χ2n) is 6.07. The van der Waals surface area contributed by atoms with Crippen LogP contribution in [0, 0.1) is 12.3 Å². The minimum absolute atomic E-state index is 0.132. The van der Waals surface area contributed by atoms with Gasteiger partial charge in [0.2, 0.25) is 0 Å². The summed E-state index contributed by atoms with van der Waals surface area (Å²) in [6.07, 6.45) is 6.13. The predicted octanol–water partition coefficient (Wildman–Crippen LogP) is 2.81. The molecule has 0 saturated carbocycles. The Labute approximate surface area is 152 Å². The molecule has 132 valence electrons. The monoisotopic (exact) mass is 348 g/mol. The number of nitrogens with one attached hydrogen (secondary N) is 2. The van der Waals surface area contributed by atoms with Crippen LogP contribution < -0.4 is 10.6 Å². The van der Waals surface area contributed by atoms with E-state index in [1.54, 1.807) is 30.3 Å². The number of benzene rings is 2. The van der Waals surface area contributed by atoms with Gasteiger partial charge in [-0.25, -0.2) is 0 Å². The lowest BCUT2D eigenvalue weighted by molar-refractivity contribution is 0.0959. The van der Waals surface area contributed by atoms with Crippen molar-refractivity contribution >= 4 is 17.5 Å². The number of hydrogen-bond donors (Lipinski definition) is 2. The van der Waals surface area contributed by atoms with Crippen LogP contribution in [0.1, 0.15) is 38.6 Å². The van der Waals surface area contributed by atoms with Gasteiger partial charge >= 0.3 is 0 Å². The zero-order valence-corrected chi connectivity index (χ0v) is 14.3. The molecule has 0 aromatic heterocycles. The molecule has 26 heavy (non-hydrogen) atoms. The van der Waals surface area contributed by atoms with Gasteiger partial charge in [0.1, 0.15) is 0 Å². The Morgan fingerprint density at radius 3 is 2.77 bits per heavy atom. The molecule has 1 aliphatic rings. The SMILES string of the molecule is C#CCNC(=O)c1ccccc1NC(=O)c1cccc([C@H]2CCOC2)c1. The highest BCUT2D eigenvalue weighted by molar-refractivity contribution is 6.09. The van der Waals surface area contributed by atoms with Crippen LogP contribution in [-0.4, -0.2) is 31.6 Å². The maximum atomic E-state index is 12.7. The average Bonchev–Trinajstić information content (AvgIpc) is 3.21. The van der Waals surface area contributed by atoms with Crippen molar-refractivity contribution in [1.82, 2.24) is 5.32 Å². The zero-order valence-electron chi connectivity index (χ0n) is 14.3. The van der Waals surface area contributed by atoms with Gasteiger partial charge in [-0.2, -0.15) is 0 Å². The fourth-order valence-electron chi connectivity index (χ4n) is 2.94. The largest absolute Gasteiger partial charge is 0.381 e. The number of hydrogen-bond acceptors (Lipinski definition) is 3. The maximum absolute atomic E-state index is 12.7. The molecule has 5 nitrogen and oxygen atoms in total. The Bertz CT molecular complexity index is 848. The summed E-state index contributed by atoms with van der Waals surface area (Å²) in [5.41, 5.74) is 2.46. The second-order valence-corrected chi connectivity index (χ2v) is 6.07. The molecule has 0 bridgehead atoms. The summed E-state index contributed by atoms with van der Waals surface area (Å²) in [5.74, 6) is 2.10. The number of ether oxygens (including phenoxy) is 1. The Balaban J connectivity index is 1.77. The minimum atomic E-state index is -0.323. The van der Waals surface area contributed by atoms with Crippen LogP contribution in [0.3, 0.4) is 0 Å². The Morgan fingerprint density at radius 1 is 1.15 bits per heavy atom. The summed E-state index contributed by atoms with van der Waals surface area (Å²) in [5, 5.41) is 5.43. The van der Waals surface area contributed by atoms with Gasteiger partial charge in [-0.1, -0.05) is 30.2 Å². The maximum Gasteiger partial charge on any atom is 0.255 e. The number of carbonyl (C=O) groups is 2. The van der Waals surface area contributed by atoms with Crippen molar-refractivity contribution in [2.45, 2.75) is 12.3 Å². The van der Waals surface area contributed by atoms with E-state index in [-0.39, 0.29) is 18.4 Å². The lowest BCUT2D eigenvalue weighted by atomic mass is 9.96. The summed E-state index contributed by atoms with van der Waals surface area (Å²) in [4.78, 5) is 24.9. The standard InChI is InChI=1S/C21H20N2O3/c1-2-11-22-21(25)18-8-3-4-9-19(18)23-20(24)16-7-5-6-15(13-16)17-10-12-26-14-17/h1,3-9,13,17H,10-12,14H2,(H,22,25)(H,23,24)/t17-/m0/s1. The van der Waals surface area contributed by atoms with Gasteiger partial charge in [0, 0.05) is 18.1 Å². The lowest BCUT2D eigenvalue weighted by Gasteiger charge is -2.12. The molecular weight excluding hydrogens is 328 g/mol. The smallest absolute Gasteiger partial charge is 0.255 e. The number of terminal acetylenes is 1. The first-order valence-electron chi connectivity index (χ1n) is 8.49. The third-order valence-electron chi connectivity index (χ3n) is 4.32. The molecule has 0 radical (unpaired) electrons. The topological polar surface area (TPSA) is 67.4 Å². The van der Waals surface area contributed by atoms with Crippen LogP contribution in [0.25, 0.3) is 0 Å². The van der Waals surface area contributed by atoms with Crippen molar-refractivity contribution in [3.63, 3.8) is 0 Å². The fourth-order valence-corrected chi connectivity index (χ4v) is 2.94. The van der Waals surface area contributed by atoms with Gasteiger partial charge in [0.25, 0.3) is 11.8 Å². The fraction of sp³-hybridized carbons (Fsp3) is 0.238. The van der Waals surface area contributed by atoms with Crippen molar-refractivity contribution in [2.24, 2.45) is 0 Å². The van der Waals surface area contributed by atoms with E-state index in [1.807, 2.05) is 18.2 Å². The molecule has 1 aliphatic heterocycles. The third-order valence-corrected chi connectivity index (χ3v) is 4.32. The molecule has 2 N–H and O–H groups in total. The molecule has 0 unspecified atom stereocenters. The van der Waals surface area contributed by atoms with Crippen LogP contribution >= 0.6 is 0 Å². The normalized spacial score (nSPS) is 15.9. The highest BCUT2D eigenvalue weighted by Gasteiger charge is 2.19. The van der Waals surface area contributed by atoms with Crippen LogP contribution in [-0.2, 0) is 4.74 Å². The average molecular weight is 348 g/mol. The Hall–Kier alpha value is -3.10. The number of rotatable bonds is 5. The van der Waals surface area contributed by atoms with E-state index in [9.17, 15) is 9.59 Å². The molecule has 2 amide bonds. The van der Waals surface area contributed by atoms with Crippen molar-refractivity contribution in [3.8, 4) is 12.3 Å². The van der Waals surface area contributed by atoms with Gasteiger partial charge in [0.15, 0.2) is 0 Å². The quantitative estimate of drug-likeness (QED) is 0.817. The van der Waals surface area contributed by atoms with E-state index in [1.165, 1.54) is 0 Å². The molecule has 3 rings (SSSR count). The number of para-hydroxylation sites is 1. The molecule has 1 fully saturated rings. The summed E-state index contributed by atoms with van der Waals surface area (Å²) in [6, 6.07) is 14.4. The van der Waals surface area contributed by atoms with Crippen LogP contribution in [0.2, 0.25) is 0 Å².